The number of hydrogen-bond donors (Lipinski definition) is 4. The third kappa shape index (κ3) is 2.96. The van der Waals surface area contributed by atoms with E-state index in [9.17, 15) is 14.7 Å². The molecule has 0 saturated carbocycles. The molecule has 98 valence electrons. The molecule has 1 aromatic rings. The zero-order valence-corrected chi connectivity index (χ0v) is 10.2. The molecule has 1 atom stereocenters. The first-order valence-electron chi connectivity index (χ1n) is 5.91. The highest BCUT2D eigenvalue weighted by Crippen LogP contribution is 2.12. The van der Waals surface area contributed by atoms with Gasteiger partial charge in [0.25, 0.3) is 5.91 Å². The fraction of sp³-hybridized carbons (Fsp3) is 0.500. The molecule has 0 radical (unpaired) electrons. The van der Waals surface area contributed by atoms with E-state index in [1.807, 2.05) is 0 Å². The standard InChI is InChI=1S/C12H17N3O3/c1-8-4-9(5-10(16)15-8)11(17)14-7-12(18)2-3-13-6-12/h4-5,13,18H,2-3,6-7H2,1H3,(H,14,17)(H,15,16)/t12-/m1/s1. The van der Waals surface area contributed by atoms with Crippen LogP contribution in [0.5, 0.6) is 0 Å². The number of carbonyl (C=O) groups excluding carboxylic acids is 1. The number of hydrogen-bond acceptors (Lipinski definition) is 4. The summed E-state index contributed by atoms with van der Waals surface area (Å²) in [6, 6.07) is 2.85. The van der Waals surface area contributed by atoms with Crippen molar-refractivity contribution >= 4 is 5.91 Å². The number of rotatable bonds is 3. The van der Waals surface area contributed by atoms with Crippen LogP contribution in [0.15, 0.2) is 16.9 Å². The van der Waals surface area contributed by atoms with Crippen molar-refractivity contribution < 1.29 is 9.90 Å². The number of aromatic nitrogens is 1. The van der Waals surface area contributed by atoms with Crippen molar-refractivity contribution in [1.82, 2.24) is 15.6 Å². The third-order valence-corrected chi connectivity index (χ3v) is 3.04. The number of aromatic amines is 1. The lowest BCUT2D eigenvalue weighted by atomic mass is 10.0. The number of pyridine rings is 1. The van der Waals surface area contributed by atoms with Gasteiger partial charge >= 0.3 is 0 Å². The van der Waals surface area contributed by atoms with Crippen molar-refractivity contribution in [2.24, 2.45) is 0 Å². The van der Waals surface area contributed by atoms with E-state index >= 15 is 0 Å². The molecule has 6 heteroatoms. The lowest BCUT2D eigenvalue weighted by Crippen LogP contribution is -2.44. The predicted octanol–water partition coefficient (Wildman–Crippen LogP) is -0.862. The Morgan fingerprint density at radius 3 is 2.94 bits per heavy atom. The summed E-state index contributed by atoms with van der Waals surface area (Å²) in [5, 5.41) is 15.7. The van der Waals surface area contributed by atoms with Crippen LogP contribution in [0, 0.1) is 6.92 Å². The van der Waals surface area contributed by atoms with E-state index in [1.165, 1.54) is 6.07 Å². The molecular formula is C12H17N3O3. The Balaban J connectivity index is 2.01. The summed E-state index contributed by atoms with van der Waals surface area (Å²) in [5.41, 5.74) is -0.243. The van der Waals surface area contributed by atoms with Crippen molar-refractivity contribution in [2.45, 2.75) is 18.9 Å². The van der Waals surface area contributed by atoms with Gasteiger partial charge in [-0.2, -0.15) is 0 Å². The Morgan fingerprint density at radius 2 is 2.33 bits per heavy atom. The van der Waals surface area contributed by atoms with Gasteiger partial charge in [-0.3, -0.25) is 9.59 Å². The normalized spacial score (nSPS) is 23.0. The molecule has 18 heavy (non-hydrogen) atoms. The molecule has 0 spiro atoms. The van der Waals surface area contributed by atoms with E-state index in [-0.39, 0.29) is 18.0 Å². The molecule has 0 aliphatic carbocycles. The first-order valence-corrected chi connectivity index (χ1v) is 5.91. The van der Waals surface area contributed by atoms with Crippen LogP contribution < -0.4 is 16.2 Å². The number of aliphatic hydroxyl groups is 1. The average molecular weight is 251 g/mol. The predicted molar refractivity (Wildman–Crippen MR) is 66.6 cm³/mol. The summed E-state index contributed by atoms with van der Waals surface area (Å²) in [6.07, 6.45) is 0.613. The molecule has 2 rings (SSSR count). The molecule has 1 amide bonds. The fourth-order valence-electron chi connectivity index (χ4n) is 2.04. The SMILES string of the molecule is Cc1cc(C(=O)NC[C@@]2(O)CCNC2)cc(=O)[nH]1. The Hall–Kier alpha value is -1.66. The fourth-order valence-corrected chi connectivity index (χ4v) is 2.04. The van der Waals surface area contributed by atoms with E-state index in [4.69, 9.17) is 0 Å². The molecule has 1 aliphatic rings. The van der Waals surface area contributed by atoms with Gasteiger partial charge < -0.3 is 20.7 Å². The van der Waals surface area contributed by atoms with Gasteiger partial charge in [0.2, 0.25) is 5.56 Å². The maximum absolute atomic E-state index is 11.9. The molecule has 1 aliphatic heterocycles. The highest BCUT2D eigenvalue weighted by atomic mass is 16.3. The van der Waals surface area contributed by atoms with Crippen LogP contribution in [0.2, 0.25) is 0 Å². The highest BCUT2D eigenvalue weighted by Gasteiger charge is 2.31. The molecule has 4 N–H and O–H groups in total. The highest BCUT2D eigenvalue weighted by molar-refractivity contribution is 5.94. The second kappa shape index (κ2) is 4.91. The minimum absolute atomic E-state index is 0.185. The van der Waals surface area contributed by atoms with Crippen molar-refractivity contribution in [3.05, 3.63) is 33.7 Å². The van der Waals surface area contributed by atoms with E-state index in [0.717, 1.165) is 6.54 Å². The number of β-amino-alcohol motifs (C(OH)–C–C–N with tert-alkyl or cyclic N) is 1. The third-order valence-electron chi connectivity index (χ3n) is 3.04. The number of nitrogens with one attached hydrogen (secondary N) is 3. The van der Waals surface area contributed by atoms with Gasteiger partial charge in [-0.25, -0.2) is 0 Å². The van der Waals surface area contributed by atoms with Gasteiger partial charge in [-0.15, -0.1) is 0 Å². The lowest BCUT2D eigenvalue weighted by molar-refractivity contribution is 0.0562. The van der Waals surface area contributed by atoms with E-state index in [0.29, 0.717) is 24.2 Å². The van der Waals surface area contributed by atoms with E-state index < -0.39 is 5.60 Å². The molecule has 1 saturated heterocycles. The van der Waals surface area contributed by atoms with Crippen LogP contribution >= 0.6 is 0 Å². The van der Waals surface area contributed by atoms with Gasteiger partial charge in [0, 0.05) is 30.4 Å². The Kier molecular flexibility index (Phi) is 3.49. The lowest BCUT2D eigenvalue weighted by Gasteiger charge is -2.21. The van der Waals surface area contributed by atoms with Crippen LogP contribution in [0.3, 0.4) is 0 Å². The molecule has 1 fully saturated rings. The maximum atomic E-state index is 11.9. The smallest absolute Gasteiger partial charge is 0.251 e. The van der Waals surface area contributed by atoms with Crippen molar-refractivity contribution in [2.75, 3.05) is 19.6 Å². The zero-order chi connectivity index (χ0) is 13.2. The Bertz CT molecular complexity index is 504. The second-order valence-electron chi connectivity index (χ2n) is 4.75. The van der Waals surface area contributed by atoms with Gasteiger partial charge in [0.05, 0.1) is 5.60 Å². The van der Waals surface area contributed by atoms with Gasteiger partial charge in [0.15, 0.2) is 0 Å². The Morgan fingerprint density at radius 1 is 1.56 bits per heavy atom. The zero-order valence-electron chi connectivity index (χ0n) is 10.2. The molecule has 6 nitrogen and oxygen atoms in total. The van der Waals surface area contributed by atoms with Crippen LogP contribution in [0.4, 0.5) is 0 Å². The first kappa shape index (κ1) is 12.8. The minimum atomic E-state index is -0.883. The molecule has 1 aromatic heterocycles. The van der Waals surface area contributed by atoms with Crippen molar-refractivity contribution in [3.63, 3.8) is 0 Å². The molecule has 0 aromatic carbocycles. The number of aryl methyl sites for hydroxylation is 1. The monoisotopic (exact) mass is 251 g/mol. The second-order valence-corrected chi connectivity index (χ2v) is 4.75. The van der Waals surface area contributed by atoms with E-state index in [2.05, 4.69) is 15.6 Å². The number of carbonyl (C=O) groups is 1. The molecule has 0 unspecified atom stereocenters. The van der Waals surface area contributed by atoms with Crippen LogP contribution in [0.1, 0.15) is 22.5 Å². The minimum Gasteiger partial charge on any atom is -0.387 e. The topological polar surface area (TPSA) is 94.2 Å². The van der Waals surface area contributed by atoms with Gasteiger partial charge in [0.1, 0.15) is 0 Å². The van der Waals surface area contributed by atoms with Crippen LogP contribution in [-0.2, 0) is 0 Å². The summed E-state index contributed by atoms with van der Waals surface area (Å²) in [6.45, 7) is 3.12. The summed E-state index contributed by atoms with van der Waals surface area (Å²) in [7, 11) is 0. The van der Waals surface area contributed by atoms with Crippen LogP contribution in [0.25, 0.3) is 0 Å². The summed E-state index contributed by atoms with van der Waals surface area (Å²) in [5.74, 6) is -0.343. The largest absolute Gasteiger partial charge is 0.387 e. The summed E-state index contributed by atoms with van der Waals surface area (Å²) >= 11 is 0. The quantitative estimate of drug-likeness (QED) is 0.562. The molecular weight excluding hydrogens is 234 g/mol. The van der Waals surface area contributed by atoms with Crippen LogP contribution in [-0.4, -0.2) is 41.2 Å². The van der Waals surface area contributed by atoms with E-state index in [1.54, 1.807) is 13.0 Å². The maximum Gasteiger partial charge on any atom is 0.251 e. The Labute approximate surface area is 104 Å². The van der Waals surface area contributed by atoms with Gasteiger partial charge in [-0.05, 0) is 26.0 Å². The number of amides is 1. The van der Waals surface area contributed by atoms with Gasteiger partial charge in [-0.1, -0.05) is 0 Å². The average Bonchev–Trinajstić information content (AvgIpc) is 2.72. The first-order chi connectivity index (χ1) is 8.48. The summed E-state index contributed by atoms with van der Waals surface area (Å²) < 4.78 is 0. The molecule has 2 heterocycles. The number of H-pyrrole nitrogens is 1. The van der Waals surface area contributed by atoms with Crippen molar-refractivity contribution in [1.29, 1.82) is 0 Å². The van der Waals surface area contributed by atoms with Crippen molar-refractivity contribution in [3.8, 4) is 0 Å². The summed E-state index contributed by atoms with van der Waals surface area (Å²) in [4.78, 5) is 25.7. The molecule has 0 bridgehead atoms.